The summed E-state index contributed by atoms with van der Waals surface area (Å²) in [6, 6.07) is 32.1. The second-order valence-corrected chi connectivity index (χ2v) is 13.3. The molecule has 0 amide bonds. The summed E-state index contributed by atoms with van der Waals surface area (Å²) in [5.41, 5.74) is 2.67. The van der Waals surface area contributed by atoms with E-state index >= 15 is 0 Å². The molecule has 3 aromatic carbocycles. The molecular formula is C25H24ClP. The van der Waals surface area contributed by atoms with E-state index in [2.05, 4.69) is 111 Å². The van der Waals surface area contributed by atoms with Crippen molar-refractivity contribution in [3.63, 3.8) is 0 Å². The molecule has 1 aliphatic carbocycles. The van der Waals surface area contributed by atoms with Crippen molar-refractivity contribution < 1.29 is 0 Å². The molecule has 0 unspecified atom stereocenters. The Balaban J connectivity index is 2.25. The molecule has 0 bridgehead atoms. The van der Waals surface area contributed by atoms with Gasteiger partial charge in [-0.15, -0.1) is 0 Å². The molecule has 0 heterocycles. The molecule has 0 nitrogen and oxygen atoms in total. The number of hydrogen-bond acceptors (Lipinski definition) is 0. The zero-order chi connectivity index (χ0) is 18.9. The van der Waals surface area contributed by atoms with Crippen LogP contribution in [0.1, 0.15) is 20.3 Å². The van der Waals surface area contributed by atoms with Crippen LogP contribution in [0.25, 0.3) is 0 Å². The standard InChI is InChI=1S/C25H24ClP/c1-20-18-19-21(2)25(20)27(26,22-12-6-3-7-13-22,23-14-8-4-9-15-23)24-16-10-5-11-17-24/h3-18H,19H2,1-2H3. The molecule has 136 valence electrons. The minimum absolute atomic E-state index is 0.971. The minimum atomic E-state index is -3.35. The van der Waals surface area contributed by atoms with Crippen molar-refractivity contribution in [3.8, 4) is 0 Å². The fourth-order valence-corrected chi connectivity index (χ4v) is 11.8. The number of allylic oxidation sites excluding steroid dienone is 4. The van der Waals surface area contributed by atoms with Gasteiger partial charge in [0.15, 0.2) is 0 Å². The van der Waals surface area contributed by atoms with Crippen LogP contribution in [0.5, 0.6) is 0 Å². The van der Waals surface area contributed by atoms with Crippen molar-refractivity contribution in [2.24, 2.45) is 0 Å². The van der Waals surface area contributed by atoms with Crippen LogP contribution >= 0.6 is 17.2 Å². The van der Waals surface area contributed by atoms with Gasteiger partial charge in [0.05, 0.1) is 0 Å². The van der Waals surface area contributed by atoms with Gasteiger partial charge in [0, 0.05) is 0 Å². The van der Waals surface area contributed by atoms with Gasteiger partial charge in [-0.25, -0.2) is 0 Å². The summed E-state index contributed by atoms with van der Waals surface area (Å²) < 4.78 is 0. The normalized spacial score (nSPS) is 16.0. The summed E-state index contributed by atoms with van der Waals surface area (Å²) in [4.78, 5) is 0. The number of benzene rings is 3. The molecule has 2 heteroatoms. The first-order valence-corrected chi connectivity index (χ1v) is 12.5. The third-order valence-electron chi connectivity index (χ3n) is 5.64. The summed E-state index contributed by atoms with van der Waals surface area (Å²) in [7, 11) is 0. The maximum absolute atomic E-state index is 8.20. The third kappa shape index (κ3) is 2.55. The molecule has 0 radical (unpaired) electrons. The van der Waals surface area contributed by atoms with Gasteiger partial charge < -0.3 is 0 Å². The van der Waals surface area contributed by atoms with Crippen LogP contribution in [0.2, 0.25) is 0 Å². The number of hydrogen-bond donors (Lipinski definition) is 0. The molecule has 0 saturated carbocycles. The molecule has 0 aliphatic heterocycles. The van der Waals surface area contributed by atoms with Crippen molar-refractivity contribution in [2.45, 2.75) is 20.3 Å². The monoisotopic (exact) mass is 390 g/mol. The van der Waals surface area contributed by atoms with Crippen LogP contribution in [0.3, 0.4) is 0 Å². The van der Waals surface area contributed by atoms with E-state index in [1.807, 2.05) is 0 Å². The Morgan fingerprint density at radius 1 is 0.630 bits per heavy atom. The fraction of sp³-hybridized carbons (Fsp3) is 0.120. The van der Waals surface area contributed by atoms with E-state index in [1.54, 1.807) is 0 Å². The van der Waals surface area contributed by atoms with E-state index in [9.17, 15) is 0 Å². The Hall–Kier alpha value is -2.14. The van der Waals surface area contributed by atoms with Gasteiger partial charge in [-0.05, 0) is 0 Å². The summed E-state index contributed by atoms with van der Waals surface area (Å²) >= 11 is 8.20. The molecule has 0 spiro atoms. The summed E-state index contributed by atoms with van der Waals surface area (Å²) in [5.74, 6) is -3.35. The van der Waals surface area contributed by atoms with Crippen LogP contribution < -0.4 is 15.9 Å². The Morgan fingerprint density at radius 3 is 1.30 bits per heavy atom. The van der Waals surface area contributed by atoms with E-state index < -0.39 is 5.96 Å². The molecule has 1 aliphatic rings. The van der Waals surface area contributed by atoms with Gasteiger partial charge in [0.1, 0.15) is 0 Å². The molecule has 4 rings (SSSR count). The van der Waals surface area contributed by atoms with Crippen LogP contribution in [-0.2, 0) is 0 Å². The van der Waals surface area contributed by atoms with Crippen molar-refractivity contribution in [1.29, 1.82) is 0 Å². The van der Waals surface area contributed by atoms with E-state index in [4.69, 9.17) is 11.2 Å². The molecule has 0 aromatic heterocycles. The van der Waals surface area contributed by atoms with Gasteiger partial charge in [-0.3, -0.25) is 0 Å². The predicted molar refractivity (Wildman–Crippen MR) is 122 cm³/mol. The van der Waals surface area contributed by atoms with Crippen molar-refractivity contribution >= 4 is 33.1 Å². The number of rotatable bonds is 4. The molecule has 0 N–H and O–H groups in total. The SMILES string of the molecule is CC1=CCC(C)=C1P(Cl)(c1ccccc1)(c1ccccc1)c1ccccc1. The topological polar surface area (TPSA) is 0 Å². The van der Waals surface area contributed by atoms with E-state index in [0.717, 1.165) is 6.42 Å². The molecular weight excluding hydrogens is 367 g/mol. The molecule has 3 aromatic rings. The predicted octanol–water partition coefficient (Wildman–Crippen LogP) is 6.29. The van der Waals surface area contributed by atoms with Gasteiger partial charge in [0.25, 0.3) is 0 Å². The summed E-state index contributed by atoms with van der Waals surface area (Å²) in [6.07, 6.45) is 3.29. The Labute approximate surface area is 166 Å². The second kappa shape index (κ2) is 6.79. The third-order valence-corrected chi connectivity index (χ3v) is 13.3. The van der Waals surface area contributed by atoms with E-state index in [1.165, 1.54) is 32.4 Å². The molecule has 27 heavy (non-hydrogen) atoms. The first-order chi connectivity index (χ1) is 13.1. The van der Waals surface area contributed by atoms with Crippen molar-refractivity contribution in [2.75, 3.05) is 0 Å². The second-order valence-electron chi connectivity index (χ2n) is 7.24. The molecule has 0 saturated heterocycles. The van der Waals surface area contributed by atoms with Crippen LogP contribution in [0.4, 0.5) is 0 Å². The van der Waals surface area contributed by atoms with Crippen LogP contribution in [-0.4, -0.2) is 0 Å². The Morgan fingerprint density at radius 2 is 1.00 bits per heavy atom. The maximum atomic E-state index is 8.20. The van der Waals surface area contributed by atoms with Crippen molar-refractivity contribution in [3.05, 3.63) is 114 Å². The summed E-state index contributed by atoms with van der Waals surface area (Å²) in [5, 5.41) is 4.93. The first-order valence-electron chi connectivity index (χ1n) is 9.35. The Bertz CT molecular complexity index is 918. The first kappa shape index (κ1) is 18.2. The molecule has 0 atom stereocenters. The van der Waals surface area contributed by atoms with Gasteiger partial charge in [-0.2, -0.15) is 0 Å². The zero-order valence-electron chi connectivity index (χ0n) is 15.8. The summed E-state index contributed by atoms with van der Waals surface area (Å²) in [6.45, 7) is 4.45. The van der Waals surface area contributed by atoms with Crippen LogP contribution in [0, 0.1) is 0 Å². The average molecular weight is 391 g/mol. The average Bonchev–Trinajstić information content (AvgIpc) is 3.08. The zero-order valence-corrected chi connectivity index (χ0v) is 17.4. The van der Waals surface area contributed by atoms with Gasteiger partial charge in [0.2, 0.25) is 0 Å². The molecule has 0 fully saturated rings. The van der Waals surface area contributed by atoms with Crippen LogP contribution in [0.15, 0.2) is 114 Å². The fourth-order valence-electron chi connectivity index (χ4n) is 4.48. The Kier molecular flexibility index (Phi) is 4.58. The van der Waals surface area contributed by atoms with E-state index in [0.29, 0.717) is 0 Å². The van der Waals surface area contributed by atoms with Crippen molar-refractivity contribution in [1.82, 2.24) is 0 Å². The van der Waals surface area contributed by atoms with Gasteiger partial charge in [-0.1, -0.05) is 0 Å². The quantitative estimate of drug-likeness (QED) is 0.459. The number of halogens is 1. The van der Waals surface area contributed by atoms with Gasteiger partial charge >= 0.3 is 167 Å². The van der Waals surface area contributed by atoms with E-state index in [-0.39, 0.29) is 0 Å².